The molecule has 1 amide bonds. The molecule has 1 atom stereocenters. The molecule has 132 valence electrons. The van der Waals surface area contributed by atoms with Gasteiger partial charge in [0, 0.05) is 19.8 Å². The number of pyridine rings is 1. The summed E-state index contributed by atoms with van der Waals surface area (Å²) in [7, 11) is 1.69. The Bertz CT molecular complexity index is 715. The van der Waals surface area contributed by atoms with E-state index in [1.165, 1.54) is 11.1 Å². The number of nitrogens with zero attached hydrogens (tertiary/aromatic N) is 2. The quantitative estimate of drug-likeness (QED) is 0.557. The molecule has 3 N–H and O–H groups in total. The van der Waals surface area contributed by atoms with Crippen molar-refractivity contribution >= 4 is 17.6 Å². The van der Waals surface area contributed by atoms with Crippen LogP contribution in [0, 0.1) is 6.92 Å². The maximum atomic E-state index is 11.9. The Morgan fingerprint density at radius 2 is 2.08 bits per heavy atom. The highest BCUT2D eigenvalue weighted by Crippen LogP contribution is 2.15. The van der Waals surface area contributed by atoms with Gasteiger partial charge < -0.3 is 16.0 Å². The van der Waals surface area contributed by atoms with Crippen LogP contribution >= 0.6 is 0 Å². The third-order valence-corrected chi connectivity index (χ3v) is 3.77. The van der Waals surface area contributed by atoms with Gasteiger partial charge in [0.15, 0.2) is 5.96 Å². The van der Waals surface area contributed by atoms with Gasteiger partial charge in [0.2, 0.25) is 5.91 Å². The number of rotatable bonds is 6. The molecular weight excluding hydrogens is 314 g/mol. The monoisotopic (exact) mass is 339 g/mol. The van der Waals surface area contributed by atoms with E-state index < -0.39 is 0 Å². The molecule has 0 spiro atoms. The topological polar surface area (TPSA) is 78.4 Å². The van der Waals surface area contributed by atoms with E-state index in [4.69, 9.17) is 0 Å². The third kappa shape index (κ3) is 6.25. The summed E-state index contributed by atoms with van der Waals surface area (Å²) < 4.78 is 0. The Morgan fingerprint density at radius 1 is 1.24 bits per heavy atom. The second-order valence-corrected chi connectivity index (χ2v) is 5.91. The Balaban J connectivity index is 1.77. The second-order valence-electron chi connectivity index (χ2n) is 5.91. The minimum Gasteiger partial charge on any atom is -0.356 e. The molecule has 0 aliphatic carbocycles. The Morgan fingerprint density at radius 3 is 2.76 bits per heavy atom. The molecule has 1 unspecified atom stereocenters. The van der Waals surface area contributed by atoms with E-state index in [0.29, 0.717) is 17.6 Å². The molecule has 0 fully saturated rings. The molecule has 1 heterocycles. The largest absolute Gasteiger partial charge is 0.356 e. The molecule has 0 aliphatic rings. The van der Waals surface area contributed by atoms with Crippen molar-refractivity contribution in [2.45, 2.75) is 19.8 Å². The lowest BCUT2D eigenvalue weighted by molar-refractivity contribution is -0.115. The summed E-state index contributed by atoms with van der Waals surface area (Å²) in [5, 5.41) is 9.04. The van der Waals surface area contributed by atoms with Crippen LogP contribution in [0.15, 0.2) is 53.8 Å². The lowest BCUT2D eigenvalue weighted by Gasteiger charge is -2.16. The zero-order chi connectivity index (χ0) is 18.1. The van der Waals surface area contributed by atoms with Gasteiger partial charge in [-0.2, -0.15) is 0 Å². The second kappa shape index (κ2) is 9.42. The van der Waals surface area contributed by atoms with E-state index in [1.54, 1.807) is 31.6 Å². The fourth-order valence-corrected chi connectivity index (χ4v) is 2.37. The third-order valence-electron chi connectivity index (χ3n) is 3.77. The van der Waals surface area contributed by atoms with Gasteiger partial charge >= 0.3 is 0 Å². The zero-order valence-corrected chi connectivity index (χ0v) is 14.9. The smallest absolute Gasteiger partial charge is 0.243 e. The molecule has 0 bridgehead atoms. The number of aryl methyl sites for hydroxylation is 1. The van der Waals surface area contributed by atoms with Crippen LogP contribution in [-0.4, -0.2) is 37.0 Å². The van der Waals surface area contributed by atoms with Gasteiger partial charge in [0.05, 0.1) is 18.4 Å². The van der Waals surface area contributed by atoms with E-state index in [1.807, 2.05) is 0 Å². The predicted octanol–water partition coefficient (Wildman–Crippen LogP) is 2.30. The highest BCUT2D eigenvalue weighted by atomic mass is 16.1. The molecule has 1 aromatic heterocycles. The van der Waals surface area contributed by atoms with Crippen molar-refractivity contribution in [3.05, 3.63) is 59.9 Å². The summed E-state index contributed by atoms with van der Waals surface area (Å²) in [6.07, 6.45) is 3.27. The van der Waals surface area contributed by atoms with Crippen LogP contribution in [0.2, 0.25) is 0 Å². The van der Waals surface area contributed by atoms with E-state index in [9.17, 15) is 4.79 Å². The van der Waals surface area contributed by atoms with Crippen LogP contribution < -0.4 is 16.0 Å². The average molecular weight is 339 g/mol. The molecule has 0 saturated carbocycles. The number of nitrogens with one attached hydrogen (secondary N) is 3. The highest BCUT2D eigenvalue weighted by Gasteiger charge is 2.08. The van der Waals surface area contributed by atoms with Crippen molar-refractivity contribution in [3.63, 3.8) is 0 Å². The maximum Gasteiger partial charge on any atom is 0.243 e. The highest BCUT2D eigenvalue weighted by molar-refractivity contribution is 5.94. The van der Waals surface area contributed by atoms with Gasteiger partial charge in [-0.15, -0.1) is 0 Å². The number of anilines is 1. The van der Waals surface area contributed by atoms with Crippen molar-refractivity contribution in [1.29, 1.82) is 0 Å². The first-order valence-electron chi connectivity index (χ1n) is 8.29. The zero-order valence-electron chi connectivity index (χ0n) is 14.9. The molecule has 2 aromatic rings. The summed E-state index contributed by atoms with van der Waals surface area (Å²) in [5.41, 5.74) is 3.20. The lowest BCUT2D eigenvalue weighted by atomic mass is 9.99. The number of aliphatic imine (C=N–C) groups is 1. The van der Waals surface area contributed by atoms with Crippen molar-refractivity contribution < 1.29 is 4.79 Å². The van der Waals surface area contributed by atoms with Gasteiger partial charge in [-0.1, -0.05) is 36.8 Å². The Hall–Kier alpha value is -2.89. The van der Waals surface area contributed by atoms with Gasteiger partial charge in [-0.25, -0.2) is 0 Å². The minimum atomic E-state index is -0.150. The van der Waals surface area contributed by atoms with Crippen LogP contribution in [-0.2, 0) is 4.79 Å². The number of amides is 1. The van der Waals surface area contributed by atoms with Gasteiger partial charge in [0.1, 0.15) is 0 Å². The van der Waals surface area contributed by atoms with Crippen molar-refractivity contribution in [3.8, 4) is 0 Å². The number of carbonyl (C=O) groups excluding carboxylic acids is 1. The van der Waals surface area contributed by atoms with Crippen LogP contribution in [0.4, 0.5) is 5.69 Å². The Labute approximate surface area is 148 Å². The average Bonchev–Trinajstić information content (AvgIpc) is 2.62. The summed E-state index contributed by atoms with van der Waals surface area (Å²) >= 11 is 0. The van der Waals surface area contributed by atoms with E-state index in [2.05, 4.69) is 64.0 Å². The van der Waals surface area contributed by atoms with Crippen molar-refractivity contribution in [2.24, 2.45) is 4.99 Å². The fraction of sp³-hybridized carbons (Fsp3) is 0.316. The summed E-state index contributed by atoms with van der Waals surface area (Å²) in [6.45, 7) is 5.11. The standard InChI is InChI=1S/C19H25N5O/c1-14-6-4-7-16(10-14)15(2)11-22-19(20-3)23-13-18(25)24-17-8-5-9-21-12-17/h4-10,12,15H,11,13H2,1-3H3,(H,24,25)(H2,20,22,23). The first kappa shape index (κ1) is 18.4. The van der Waals surface area contributed by atoms with Crippen molar-refractivity contribution in [2.75, 3.05) is 25.5 Å². The number of carbonyl (C=O) groups is 1. The normalized spacial score (nSPS) is 12.4. The molecule has 0 radical (unpaired) electrons. The first-order valence-corrected chi connectivity index (χ1v) is 8.29. The van der Waals surface area contributed by atoms with E-state index in [0.717, 1.165) is 6.54 Å². The maximum absolute atomic E-state index is 11.9. The fourth-order valence-electron chi connectivity index (χ4n) is 2.37. The molecule has 0 saturated heterocycles. The SMILES string of the molecule is CN=C(NCC(=O)Nc1cccnc1)NCC(C)c1cccc(C)c1. The van der Waals surface area contributed by atoms with Gasteiger partial charge in [-0.05, 0) is 30.5 Å². The summed E-state index contributed by atoms with van der Waals surface area (Å²) in [5.74, 6) is 0.784. The number of guanidine groups is 1. The molecule has 6 heteroatoms. The van der Waals surface area contributed by atoms with Crippen LogP contribution in [0.3, 0.4) is 0 Å². The van der Waals surface area contributed by atoms with E-state index >= 15 is 0 Å². The number of hydrogen-bond donors (Lipinski definition) is 3. The molecule has 6 nitrogen and oxygen atoms in total. The van der Waals surface area contributed by atoms with Crippen molar-refractivity contribution in [1.82, 2.24) is 15.6 Å². The molecule has 0 aliphatic heterocycles. The van der Waals surface area contributed by atoms with Crippen LogP contribution in [0.1, 0.15) is 24.0 Å². The first-order chi connectivity index (χ1) is 12.1. The number of benzene rings is 1. The predicted molar refractivity (Wildman–Crippen MR) is 102 cm³/mol. The molecular formula is C19H25N5O. The molecule has 25 heavy (non-hydrogen) atoms. The molecule has 1 aromatic carbocycles. The lowest BCUT2D eigenvalue weighted by Crippen LogP contribution is -2.42. The summed E-state index contributed by atoms with van der Waals surface area (Å²) in [4.78, 5) is 20.1. The number of hydrogen-bond acceptors (Lipinski definition) is 3. The Kier molecular flexibility index (Phi) is 6.95. The van der Waals surface area contributed by atoms with Gasteiger partial charge in [-0.3, -0.25) is 14.8 Å². The number of aromatic nitrogens is 1. The van der Waals surface area contributed by atoms with Crippen LogP contribution in [0.5, 0.6) is 0 Å². The van der Waals surface area contributed by atoms with Gasteiger partial charge in [0.25, 0.3) is 0 Å². The minimum absolute atomic E-state index is 0.132. The van der Waals surface area contributed by atoms with E-state index in [-0.39, 0.29) is 12.5 Å². The summed E-state index contributed by atoms with van der Waals surface area (Å²) in [6, 6.07) is 12.0. The molecule has 2 rings (SSSR count). The van der Waals surface area contributed by atoms with Crippen LogP contribution in [0.25, 0.3) is 0 Å².